The molecule has 0 N–H and O–H groups in total. The first-order valence-electron chi connectivity index (χ1n) is 7.59. The third-order valence-electron chi connectivity index (χ3n) is 4.47. The van der Waals surface area contributed by atoms with Crippen LogP contribution in [-0.2, 0) is 19.9 Å². The van der Waals surface area contributed by atoms with Gasteiger partial charge in [-0.1, -0.05) is 54.1 Å². The average molecular weight is 340 g/mol. The third kappa shape index (κ3) is 2.00. The predicted molar refractivity (Wildman–Crippen MR) is 91.7 cm³/mol. The van der Waals surface area contributed by atoms with Crippen molar-refractivity contribution in [3.63, 3.8) is 0 Å². The first kappa shape index (κ1) is 15.0. The fourth-order valence-corrected chi connectivity index (χ4v) is 3.65. The number of allylic oxidation sites excluding steroid dienone is 1. The smallest absolute Gasteiger partial charge is 0.276 e. The SMILES string of the molecule is CN1C(=O)C2(CC(=O)/C(=C/c3ccccc3)O2)c2cccc(Cl)c21. The van der Waals surface area contributed by atoms with E-state index in [2.05, 4.69) is 0 Å². The van der Waals surface area contributed by atoms with Crippen LogP contribution in [0.4, 0.5) is 5.69 Å². The van der Waals surface area contributed by atoms with Crippen LogP contribution < -0.4 is 4.90 Å². The van der Waals surface area contributed by atoms with Crippen LogP contribution in [0.2, 0.25) is 5.02 Å². The van der Waals surface area contributed by atoms with E-state index in [1.807, 2.05) is 30.3 Å². The van der Waals surface area contributed by atoms with E-state index in [9.17, 15) is 9.59 Å². The van der Waals surface area contributed by atoms with E-state index in [1.54, 1.807) is 31.3 Å². The molecular weight excluding hydrogens is 326 g/mol. The van der Waals surface area contributed by atoms with Gasteiger partial charge in [-0.05, 0) is 17.7 Å². The quantitative estimate of drug-likeness (QED) is 0.746. The number of benzene rings is 2. The van der Waals surface area contributed by atoms with E-state index in [1.165, 1.54) is 4.90 Å². The van der Waals surface area contributed by atoms with Gasteiger partial charge in [-0.25, -0.2) is 0 Å². The summed E-state index contributed by atoms with van der Waals surface area (Å²) in [5, 5.41) is 0.469. The number of hydrogen-bond donors (Lipinski definition) is 0. The molecule has 0 saturated carbocycles. The Hall–Kier alpha value is -2.59. The molecule has 1 saturated heterocycles. The van der Waals surface area contributed by atoms with Gasteiger partial charge in [0.15, 0.2) is 5.76 Å². The maximum Gasteiger partial charge on any atom is 0.276 e. The number of ketones is 1. The summed E-state index contributed by atoms with van der Waals surface area (Å²) in [5.74, 6) is -0.250. The minimum absolute atomic E-state index is 0.0117. The minimum Gasteiger partial charge on any atom is -0.468 e. The van der Waals surface area contributed by atoms with Crippen molar-refractivity contribution >= 4 is 35.1 Å². The summed E-state index contributed by atoms with van der Waals surface area (Å²) in [7, 11) is 1.65. The van der Waals surface area contributed by atoms with Crippen molar-refractivity contribution in [1.82, 2.24) is 0 Å². The topological polar surface area (TPSA) is 46.6 Å². The molecule has 2 aliphatic heterocycles. The monoisotopic (exact) mass is 339 g/mol. The van der Waals surface area contributed by atoms with Crippen LogP contribution in [-0.4, -0.2) is 18.7 Å². The van der Waals surface area contributed by atoms with E-state index in [4.69, 9.17) is 16.3 Å². The van der Waals surface area contributed by atoms with Gasteiger partial charge >= 0.3 is 0 Å². The number of Topliss-reactive ketones (excluding diaryl/α,β-unsaturated/α-hetero) is 1. The van der Waals surface area contributed by atoms with Crippen LogP contribution in [0.3, 0.4) is 0 Å². The minimum atomic E-state index is -1.30. The highest BCUT2D eigenvalue weighted by atomic mass is 35.5. The fourth-order valence-electron chi connectivity index (χ4n) is 3.34. The Kier molecular flexibility index (Phi) is 3.25. The molecule has 4 nitrogen and oxygen atoms in total. The van der Waals surface area contributed by atoms with Crippen LogP contribution in [0, 0.1) is 0 Å². The highest BCUT2D eigenvalue weighted by Crippen LogP contribution is 2.51. The third-order valence-corrected chi connectivity index (χ3v) is 4.78. The van der Waals surface area contributed by atoms with Gasteiger partial charge in [0.1, 0.15) is 0 Å². The molecule has 2 heterocycles. The molecule has 4 rings (SSSR count). The summed E-state index contributed by atoms with van der Waals surface area (Å²) in [5.41, 5.74) is 0.806. The Morgan fingerprint density at radius 1 is 1.12 bits per heavy atom. The molecule has 0 aliphatic carbocycles. The molecule has 1 spiro atoms. The fraction of sp³-hybridized carbons (Fsp3) is 0.158. The molecule has 1 unspecified atom stereocenters. The van der Waals surface area contributed by atoms with Gasteiger partial charge in [0.05, 0.1) is 17.1 Å². The summed E-state index contributed by atoms with van der Waals surface area (Å²) in [6.45, 7) is 0. The number of hydrogen-bond acceptors (Lipinski definition) is 3. The number of likely N-dealkylation sites (N-methyl/N-ethyl adjacent to an activating group) is 1. The van der Waals surface area contributed by atoms with Crippen LogP contribution in [0.1, 0.15) is 17.5 Å². The second kappa shape index (κ2) is 5.21. The highest BCUT2D eigenvalue weighted by Gasteiger charge is 2.58. The van der Waals surface area contributed by atoms with E-state index in [-0.39, 0.29) is 23.9 Å². The van der Waals surface area contributed by atoms with Crippen LogP contribution in [0.15, 0.2) is 54.3 Å². The lowest BCUT2D eigenvalue weighted by Crippen LogP contribution is -2.38. The molecule has 1 atom stereocenters. The van der Waals surface area contributed by atoms with Gasteiger partial charge in [-0.2, -0.15) is 0 Å². The Morgan fingerprint density at radius 3 is 2.62 bits per heavy atom. The summed E-state index contributed by atoms with van der Waals surface area (Å²) in [6, 6.07) is 14.7. The molecule has 120 valence electrons. The number of carbonyl (C=O) groups is 2. The Labute approximate surface area is 144 Å². The Bertz CT molecular complexity index is 891. The molecule has 0 radical (unpaired) electrons. The maximum absolute atomic E-state index is 12.8. The van der Waals surface area contributed by atoms with Crippen molar-refractivity contribution < 1.29 is 14.3 Å². The van der Waals surface area contributed by atoms with E-state index < -0.39 is 5.60 Å². The molecule has 2 aromatic rings. The summed E-state index contributed by atoms with van der Waals surface area (Å²) < 4.78 is 5.95. The average Bonchev–Trinajstić information content (AvgIpc) is 3.01. The maximum atomic E-state index is 12.8. The molecule has 1 fully saturated rings. The standard InChI is InChI=1S/C19H14ClNO3/c1-21-17-13(8-5-9-14(17)20)19(18(21)23)11-15(22)16(24-19)10-12-6-3-2-4-7-12/h2-10H,11H2,1H3/b16-10-. The van der Waals surface area contributed by atoms with Crippen molar-refractivity contribution in [2.75, 3.05) is 11.9 Å². The van der Waals surface area contributed by atoms with Gasteiger partial charge in [0.2, 0.25) is 11.4 Å². The second-order valence-electron chi connectivity index (χ2n) is 5.95. The zero-order valence-electron chi connectivity index (χ0n) is 13.0. The van der Waals surface area contributed by atoms with Crippen LogP contribution in [0.5, 0.6) is 0 Å². The lowest BCUT2D eigenvalue weighted by Gasteiger charge is -2.21. The first-order chi connectivity index (χ1) is 11.5. The molecular formula is C19H14ClNO3. The first-order valence-corrected chi connectivity index (χ1v) is 7.97. The number of carbonyl (C=O) groups excluding carboxylic acids is 2. The van der Waals surface area contributed by atoms with Crippen LogP contribution in [0.25, 0.3) is 6.08 Å². The Morgan fingerprint density at radius 2 is 1.88 bits per heavy atom. The number of fused-ring (bicyclic) bond motifs is 2. The molecule has 2 aromatic carbocycles. The van der Waals surface area contributed by atoms with Crippen molar-refractivity contribution in [1.29, 1.82) is 0 Å². The van der Waals surface area contributed by atoms with Crippen molar-refractivity contribution in [2.24, 2.45) is 0 Å². The summed E-state index contributed by atoms with van der Waals surface area (Å²) in [6.07, 6.45) is 1.66. The van der Waals surface area contributed by atoms with Gasteiger partial charge in [0.25, 0.3) is 5.91 Å². The van der Waals surface area contributed by atoms with Gasteiger partial charge in [-0.3, -0.25) is 9.59 Å². The molecule has 24 heavy (non-hydrogen) atoms. The zero-order valence-corrected chi connectivity index (χ0v) is 13.7. The van der Waals surface area contributed by atoms with Gasteiger partial charge in [0, 0.05) is 12.6 Å². The largest absolute Gasteiger partial charge is 0.468 e. The lowest BCUT2D eigenvalue weighted by molar-refractivity contribution is -0.135. The molecule has 0 aromatic heterocycles. The Balaban J connectivity index is 1.81. The molecule has 1 amide bonds. The highest BCUT2D eigenvalue weighted by molar-refractivity contribution is 6.35. The number of anilines is 1. The lowest BCUT2D eigenvalue weighted by atomic mass is 9.92. The number of halogens is 1. The second-order valence-corrected chi connectivity index (χ2v) is 6.36. The van der Waals surface area contributed by atoms with Crippen LogP contribution >= 0.6 is 11.6 Å². The zero-order chi connectivity index (χ0) is 16.9. The normalized spacial score (nSPS) is 23.9. The van der Waals surface area contributed by atoms with Crippen molar-refractivity contribution in [3.05, 3.63) is 70.4 Å². The van der Waals surface area contributed by atoms with Gasteiger partial charge in [-0.15, -0.1) is 0 Å². The molecule has 2 aliphatic rings. The van der Waals surface area contributed by atoms with E-state index in [0.29, 0.717) is 16.3 Å². The van der Waals surface area contributed by atoms with Crippen molar-refractivity contribution in [3.8, 4) is 0 Å². The number of ether oxygens (including phenoxy) is 1. The number of rotatable bonds is 1. The number of nitrogens with zero attached hydrogens (tertiary/aromatic N) is 1. The number of para-hydroxylation sites is 1. The summed E-state index contributed by atoms with van der Waals surface area (Å²) >= 11 is 6.25. The van der Waals surface area contributed by atoms with E-state index >= 15 is 0 Å². The molecule has 0 bridgehead atoms. The molecule has 5 heteroatoms. The van der Waals surface area contributed by atoms with Crippen molar-refractivity contribution in [2.45, 2.75) is 12.0 Å². The van der Waals surface area contributed by atoms with E-state index in [0.717, 1.165) is 5.56 Å². The van der Waals surface area contributed by atoms with Gasteiger partial charge < -0.3 is 9.64 Å². The number of amides is 1. The summed E-state index contributed by atoms with van der Waals surface area (Å²) in [4.78, 5) is 26.8. The predicted octanol–water partition coefficient (Wildman–Crippen LogP) is 3.54.